The summed E-state index contributed by atoms with van der Waals surface area (Å²) in [6.45, 7) is 8.32. The zero-order valence-corrected chi connectivity index (χ0v) is 14.3. The second kappa shape index (κ2) is 8.29. The Hall–Kier alpha value is -1.62. The first-order valence-electron chi connectivity index (χ1n) is 8.34. The minimum absolute atomic E-state index is 0.0183. The molecule has 0 aromatic heterocycles. The van der Waals surface area contributed by atoms with Crippen LogP contribution in [0.2, 0.25) is 0 Å². The number of likely N-dealkylation sites (tertiary alicyclic amines) is 1. The molecule has 1 N–H and O–H groups in total. The maximum Gasteiger partial charge on any atom is 0.258 e. The Labute approximate surface area is 138 Å². The van der Waals surface area contributed by atoms with Crippen LogP contribution in [0.1, 0.15) is 37.0 Å². The van der Waals surface area contributed by atoms with Crippen LogP contribution in [0.4, 0.5) is 4.39 Å². The van der Waals surface area contributed by atoms with Gasteiger partial charge in [0.25, 0.3) is 5.91 Å². The fourth-order valence-electron chi connectivity index (χ4n) is 3.46. The van der Waals surface area contributed by atoms with Gasteiger partial charge in [0.2, 0.25) is 0 Å². The van der Waals surface area contributed by atoms with Crippen LogP contribution in [0, 0.1) is 17.7 Å². The van der Waals surface area contributed by atoms with Crippen LogP contribution < -0.4 is 10.1 Å². The highest BCUT2D eigenvalue weighted by atomic mass is 19.1. The summed E-state index contributed by atoms with van der Waals surface area (Å²) in [7, 11) is 1.43. The average Bonchev–Trinajstić information content (AvgIpc) is 2.50. The van der Waals surface area contributed by atoms with Crippen molar-refractivity contribution in [3.8, 4) is 5.75 Å². The van der Waals surface area contributed by atoms with Gasteiger partial charge in [-0.2, -0.15) is 0 Å². The van der Waals surface area contributed by atoms with Crippen LogP contribution in [0.25, 0.3) is 0 Å². The molecule has 1 aliphatic heterocycles. The molecular weight excluding hydrogens is 295 g/mol. The van der Waals surface area contributed by atoms with E-state index in [0.717, 1.165) is 37.9 Å². The van der Waals surface area contributed by atoms with E-state index < -0.39 is 11.7 Å². The van der Waals surface area contributed by atoms with Gasteiger partial charge < -0.3 is 15.0 Å². The van der Waals surface area contributed by atoms with Crippen LogP contribution in [-0.2, 0) is 0 Å². The number of rotatable bonds is 6. The van der Waals surface area contributed by atoms with E-state index in [9.17, 15) is 9.18 Å². The van der Waals surface area contributed by atoms with Crippen molar-refractivity contribution in [1.82, 2.24) is 10.2 Å². The lowest BCUT2D eigenvalue weighted by atomic mass is 9.92. The third-order valence-corrected chi connectivity index (χ3v) is 4.30. The molecule has 1 aromatic rings. The standard InChI is InChI=1S/C18H27FN2O2/c1-13-10-14(2)12-21(11-13)9-5-8-20-18(22)17-15(19)6-4-7-16(17)23-3/h4,6-7,13-14H,5,8-12H2,1-3H3,(H,20,22)/t13-,14-/m1/s1. The zero-order chi connectivity index (χ0) is 16.8. The van der Waals surface area contributed by atoms with Crippen LogP contribution >= 0.6 is 0 Å². The number of hydrogen-bond acceptors (Lipinski definition) is 3. The normalized spacial score (nSPS) is 21.9. The molecule has 1 heterocycles. The maximum atomic E-state index is 13.8. The SMILES string of the molecule is COc1cccc(F)c1C(=O)NCCCN1C[C@H](C)C[C@@H](C)C1. The van der Waals surface area contributed by atoms with Crippen molar-refractivity contribution >= 4 is 5.91 Å². The van der Waals surface area contributed by atoms with Crippen LogP contribution in [-0.4, -0.2) is 44.1 Å². The van der Waals surface area contributed by atoms with E-state index in [-0.39, 0.29) is 11.3 Å². The first-order valence-corrected chi connectivity index (χ1v) is 8.34. The molecule has 1 fully saturated rings. The Morgan fingerprint density at radius 2 is 2.04 bits per heavy atom. The zero-order valence-electron chi connectivity index (χ0n) is 14.3. The largest absolute Gasteiger partial charge is 0.496 e. The monoisotopic (exact) mass is 322 g/mol. The summed E-state index contributed by atoms with van der Waals surface area (Å²) in [5.41, 5.74) is -0.0183. The van der Waals surface area contributed by atoms with Crippen molar-refractivity contribution in [2.45, 2.75) is 26.7 Å². The van der Waals surface area contributed by atoms with E-state index in [0.29, 0.717) is 6.54 Å². The lowest BCUT2D eigenvalue weighted by Gasteiger charge is -2.34. The average molecular weight is 322 g/mol. The van der Waals surface area contributed by atoms with Crippen molar-refractivity contribution in [2.24, 2.45) is 11.8 Å². The van der Waals surface area contributed by atoms with Gasteiger partial charge >= 0.3 is 0 Å². The summed E-state index contributed by atoms with van der Waals surface area (Å²) >= 11 is 0. The number of nitrogens with one attached hydrogen (secondary N) is 1. The van der Waals surface area contributed by atoms with Crippen molar-refractivity contribution < 1.29 is 13.9 Å². The second-order valence-corrected chi connectivity index (χ2v) is 6.63. The molecule has 1 aliphatic rings. The van der Waals surface area contributed by atoms with Gasteiger partial charge in [0.05, 0.1) is 7.11 Å². The van der Waals surface area contributed by atoms with E-state index in [2.05, 4.69) is 24.1 Å². The molecule has 1 saturated heterocycles. The molecule has 0 unspecified atom stereocenters. The van der Waals surface area contributed by atoms with Crippen molar-refractivity contribution in [2.75, 3.05) is 33.3 Å². The molecule has 1 amide bonds. The predicted octanol–water partition coefficient (Wildman–Crippen LogP) is 2.93. The summed E-state index contributed by atoms with van der Waals surface area (Å²) in [5, 5.41) is 2.79. The molecule has 0 radical (unpaired) electrons. The summed E-state index contributed by atoms with van der Waals surface area (Å²) in [4.78, 5) is 14.6. The molecule has 5 heteroatoms. The number of piperidine rings is 1. The first kappa shape index (κ1) is 17.7. The maximum absolute atomic E-state index is 13.8. The highest BCUT2D eigenvalue weighted by molar-refractivity contribution is 5.97. The molecule has 128 valence electrons. The number of ether oxygens (including phenoxy) is 1. The molecule has 1 aromatic carbocycles. The van der Waals surface area contributed by atoms with E-state index in [1.165, 1.54) is 25.7 Å². The Kier molecular flexibility index (Phi) is 6.39. The van der Waals surface area contributed by atoms with E-state index >= 15 is 0 Å². The van der Waals surface area contributed by atoms with Crippen LogP contribution in [0.5, 0.6) is 5.75 Å². The van der Waals surface area contributed by atoms with Gasteiger partial charge in [0.1, 0.15) is 17.1 Å². The van der Waals surface area contributed by atoms with Gasteiger partial charge in [-0.05, 0) is 43.4 Å². The summed E-state index contributed by atoms with van der Waals surface area (Å²) in [6, 6.07) is 4.39. The third-order valence-electron chi connectivity index (χ3n) is 4.30. The Bertz CT molecular complexity index is 526. The molecule has 2 rings (SSSR count). The van der Waals surface area contributed by atoms with Crippen LogP contribution in [0.15, 0.2) is 18.2 Å². The molecule has 2 atom stereocenters. The predicted molar refractivity (Wildman–Crippen MR) is 89.3 cm³/mol. The van der Waals surface area contributed by atoms with E-state index in [1.54, 1.807) is 6.07 Å². The number of hydrogen-bond donors (Lipinski definition) is 1. The number of carbonyl (C=O) groups is 1. The third kappa shape index (κ3) is 4.93. The number of methoxy groups -OCH3 is 1. The second-order valence-electron chi connectivity index (χ2n) is 6.63. The minimum atomic E-state index is -0.555. The number of benzene rings is 1. The van der Waals surface area contributed by atoms with Gasteiger partial charge in [-0.15, -0.1) is 0 Å². The smallest absolute Gasteiger partial charge is 0.258 e. The Balaban J connectivity index is 1.79. The van der Waals surface area contributed by atoms with Gasteiger partial charge in [-0.25, -0.2) is 4.39 Å². The molecule has 4 nitrogen and oxygen atoms in total. The van der Waals surface area contributed by atoms with E-state index in [4.69, 9.17) is 4.74 Å². The number of carbonyl (C=O) groups excluding carboxylic acids is 1. The summed E-state index contributed by atoms with van der Waals surface area (Å²) in [6.07, 6.45) is 2.16. The number of amides is 1. The molecular formula is C18H27FN2O2. The lowest BCUT2D eigenvalue weighted by molar-refractivity contribution is 0.0940. The van der Waals surface area contributed by atoms with Gasteiger partial charge in [0, 0.05) is 19.6 Å². The Morgan fingerprint density at radius 3 is 2.70 bits per heavy atom. The number of halogens is 1. The molecule has 0 saturated carbocycles. The quantitative estimate of drug-likeness (QED) is 0.819. The number of nitrogens with zero attached hydrogens (tertiary/aromatic N) is 1. The highest BCUT2D eigenvalue weighted by Gasteiger charge is 2.21. The molecule has 23 heavy (non-hydrogen) atoms. The Morgan fingerprint density at radius 1 is 1.35 bits per heavy atom. The van der Waals surface area contributed by atoms with Gasteiger partial charge in [-0.3, -0.25) is 4.79 Å². The summed E-state index contributed by atoms with van der Waals surface area (Å²) < 4.78 is 18.9. The minimum Gasteiger partial charge on any atom is -0.496 e. The molecule has 0 bridgehead atoms. The van der Waals surface area contributed by atoms with Crippen molar-refractivity contribution in [3.63, 3.8) is 0 Å². The van der Waals surface area contributed by atoms with Crippen molar-refractivity contribution in [1.29, 1.82) is 0 Å². The molecule has 0 aliphatic carbocycles. The van der Waals surface area contributed by atoms with E-state index in [1.807, 2.05) is 0 Å². The first-order chi connectivity index (χ1) is 11.0. The van der Waals surface area contributed by atoms with Crippen LogP contribution in [0.3, 0.4) is 0 Å². The summed E-state index contributed by atoms with van der Waals surface area (Å²) in [5.74, 6) is 0.758. The highest BCUT2D eigenvalue weighted by Crippen LogP contribution is 2.22. The lowest BCUT2D eigenvalue weighted by Crippen LogP contribution is -2.40. The topological polar surface area (TPSA) is 41.6 Å². The fourth-order valence-corrected chi connectivity index (χ4v) is 3.46. The van der Waals surface area contributed by atoms with Gasteiger partial charge in [0.15, 0.2) is 0 Å². The molecule has 0 spiro atoms. The van der Waals surface area contributed by atoms with Crippen molar-refractivity contribution in [3.05, 3.63) is 29.6 Å². The fraction of sp³-hybridized carbons (Fsp3) is 0.611. The van der Waals surface area contributed by atoms with Gasteiger partial charge in [-0.1, -0.05) is 19.9 Å².